The van der Waals surface area contributed by atoms with Crippen LogP contribution in [0.3, 0.4) is 0 Å². The van der Waals surface area contributed by atoms with E-state index in [1.807, 2.05) is 13.2 Å². The molecule has 4 rings (SSSR count). The zero-order chi connectivity index (χ0) is 21.0. The van der Waals surface area contributed by atoms with E-state index in [1.165, 1.54) is 13.0 Å². The predicted octanol–water partition coefficient (Wildman–Crippen LogP) is 4.63. The van der Waals surface area contributed by atoms with E-state index in [1.54, 1.807) is 23.9 Å². The second-order valence-electron chi connectivity index (χ2n) is 9.57. The molecule has 0 bridgehead atoms. The Hall–Kier alpha value is -1.14. The van der Waals surface area contributed by atoms with Crippen LogP contribution < -0.4 is 0 Å². The third-order valence-corrected chi connectivity index (χ3v) is 8.59. The van der Waals surface area contributed by atoms with Gasteiger partial charge >= 0.3 is 5.97 Å². The van der Waals surface area contributed by atoms with Crippen molar-refractivity contribution in [3.63, 3.8) is 0 Å². The Bertz CT molecular complexity index is 779. The number of fused-ring (bicyclic) bond motifs is 5. The molecule has 0 aromatic carbocycles. The van der Waals surface area contributed by atoms with E-state index in [4.69, 9.17) is 9.47 Å². The molecule has 0 aromatic heterocycles. The molecule has 3 saturated carbocycles. The number of hydrogen-bond acceptors (Lipinski definition) is 5. The number of alkyl halides is 1. The summed E-state index contributed by atoms with van der Waals surface area (Å²) >= 11 is 1.64. The van der Waals surface area contributed by atoms with E-state index >= 15 is 4.39 Å². The second kappa shape index (κ2) is 7.23. The molecule has 0 radical (unpaired) electrons. The Morgan fingerprint density at radius 2 is 2.00 bits per heavy atom. The molecule has 0 amide bonds. The number of hydrogen-bond donors (Lipinski definition) is 0. The average molecular weight is 423 g/mol. The third-order valence-electron chi connectivity index (χ3n) is 8.22. The van der Waals surface area contributed by atoms with Gasteiger partial charge in [-0.15, -0.1) is 11.8 Å². The fourth-order valence-corrected chi connectivity index (χ4v) is 7.18. The first kappa shape index (κ1) is 21.1. The van der Waals surface area contributed by atoms with Crippen molar-refractivity contribution < 1.29 is 23.5 Å². The maximum Gasteiger partial charge on any atom is 0.303 e. The minimum atomic E-state index is -1.72. The highest BCUT2D eigenvalue weighted by atomic mass is 32.2. The molecule has 6 heteroatoms. The number of carbonyl (C=O) groups is 2. The summed E-state index contributed by atoms with van der Waals surface area (Å²) in [7, 11) is 0. The second-order valence-corrected chi connectivity index (χ2v) is 10.4. The van der Waals surface area contributed by atoms with Crippen molar-refractivity contribution in [3.8, 4) is 0 Å². The van der Waals surface area contributed by atoms with Crippen molar-refractivity contribution in [3.05, 3.63) is 23.8 Å². The molecule has 4 nitrogen and oxygen atoms in total. The van der Waals surface area contributed by atoms with E-state index in [0.29, 0.717) is 25.2 Å². The summed E-state index contributed by atoms with van der Waals surface area (Å²) in [5.41, 5.74) is -2.04. The lowest BCUT2D eigenvalue weighted by atomic mass is 9.45. The highest BCUT2D eigenvalue weighted by molar-refractivity contribution is 7.98. The molecule has 1 unspecified atom stereocenters. The van der Waals surface area contributed by atoms with Gasteiger partial charge in [0.05, 0.1) is 12.0 Å². The molecule has 3 fully saturated rings. The summed E-state index contributed by atoms with van der Waals surface area (Å²) in [6.07, 6.45) is 9.68. The van der Waals surface area contributed by atoms with E-state index < -0.39 is 23.2 Å². The highest BCUT2D eigenvalue weighted by Gasteiger charge is 2.71. The van der Waals surface area contributed by atoms with E-state index in [2.05, 4.69) is 6.92 Å². The number of thioether (sulfide) groups is 1. The molecule has 0 aliphatic heterocycles. The highest BCUT2D eigenvalue weighted by Crippen LogP contribution is 2.68. The standard InChI is InChI=1S/C23H31FO4S/c1-14(25)28-20-12-21(2)17(7-8-19(21)27-13-29-4)18-6-5-15-11-16(26)9-10-22(15,3)23(18,20)24/h9-11,17-20H,5-8,12-13H2,1-4H3/t17-,18-,19-,20-,21-,22-,23?/m0/s1. The van der Waals surface area contributed by atoms with Crippen molar-refractivity contribution in [2.45, 2.75) is 70.8 Å². The van der Waals surface area contributed by atoms with Crippen LogP contribution in [0.25, 0.3) is 0 Å². The van der Waals surface area contributed by atoms with Gasteiger partial charge in [0.25, 0.3) is 0 Å². The Morgan fingerprint density at radius 1 is 1.24 bits per heavy atom. The Kier molecular flexibility index (Phi) is 5.26. The van der Waals surface area contributed by atoms with Gasteiger partial charge in [0.1, 0.15) is 6.10 Å². The SMILES string of the molecule is CSCO[C@H]1CC[C@H]2[C@@H]3CCC4=CC(=O)C=C[C@]4(C)C3(F)[C@@H](OC(C)=O)C[C@]12C. The third kappa shape index (κ3) is 2.96. The predicted molar refractivity (Wildman–Crippen MR) is 111 cm³/mol. The number of ketones is 1. The maximum atomic E-state index is 17.4. The first-order chi connectivity index (χ1) is 13.7. The summed E-state index contributed by atoms with van der Waals surface area (Å²) in [6, 6.07) is 0. The molecule has 0 aromatic rings. The number of allylic oxidation sites excluding steroid dienone is 4. The minimum Gasteiger partial charge on any atom is -0.459 e. The molecule has 0 N–H and O–H groups in total. The fourth-order valence-electron chi connectivity index (χ4n) is 6.88. The van der Waals surface area contributed by atoms with Crippen LogP contribution in [0.2, 0.25) is 0 Å². The smallest absolute Gasteiger partial charge is 0.303 e. The van der Waals surface area contributed by atoms with Gasteiger partial charge < -0.3 is 9.47 Å². The van der Waals surface area contributed by atoms with Gasteiger partial charge in [-0.2, -0.15) is 0 Å². The van der Waals surface area contributed by atoms with E-state index in [0.717, 1.165) is 18.4 Å². The summed E-state index contributed by atoms with van der Waals surface area (Å²) in [5.74, 6) is 0.0224. The van der Waals surface area contributed by atoms with Crippen LogP contribution in [0.4, 0.5) is 4.39 Å². The summed E-state index contributed by atoms with van der Waals surface area (Å²) in [4.78, 5) is 24.0. The molecule has 29 heavy (non-hydrogen) atoms. The monoisotopic (exact) mass is 422 g/mol. The number of esters is 1. The molecule has 0 heterocycles. The van der Waals surface area contributed by atoms with Gasteiger partial charge in [-0.05, 0) is 63.4 Å². The summed E-state index contributed by atoms with van der Waals surface area (Å²) < 4.78 is 29.2. The van der Waals surface area contributed by atoms with Gasteiger partial charge in [-0.25, -0.2) is 4.39 Å². The zero-order valence-corrected chi connectivity index (χ0v) is 18.5. The quantitative estimate of drug-likeness (QED) is 0.488. The Balaban J connectivity index is 1.78. The van der Waals surface area contributed by atoms with Crippen LogP contribution in [-0.4, -0.2) is 41.8 Å². The van der Waals surface area contributed by atoms with E-state index in [9.17, 15) is 9.59 Å². The molecular formula is C23H31FO4S. The number of ether oxygens (including phenoxy) is 2. The van der Waals surface area contributed by atoms with Gasteiger partial charge in [0.2, 0.25) is 0 Å². The summed E-state index contributed by atoms with van der Waals surface area (Å²) in [6.45, 7) is 5.43. The van der Waals surface area contributed by atoms with Crippen LogP contribution in [0.1, 0.15) is 52.9 Å². The van der Waals surface area contributed by atoms with Crippen LogP contribution in [0.5, 0.6) is 0 Å². The first-order valence-corrected chi connectivity index (χ1v) is 12.0. The summed E-state index contributed by atoms with van der Waals surface area (Å²) in [5, 5.41) is 0. The minimum absolute atomic E-state index is 0.0516. The molecule has 4 aliphatic carbocycles. The lowest BCUT2D eigenvalue weighted by Crippen LogP contribution is -2.67. The first-order valence-electron chi connectivity index (χ1n) is 10.6. The van der Waals surface area contributed by atoms with Gasteiger partial charge in [-0.3, -0.25) is 9.59 Å². The average Bonchev–Trinajstić information content (AvgIpc) is 2.97. The topological polar surface area (TPSA) is 52.6 Å². The van der Waals surface area contributed by atoms with Crippen LogP contribution in [0.15, 0.2) is 23.8 Å². The van der Waals surface area contributed by atoms with Gasteiger partial charge in [-0.1, -0.05) is 18.6 Å². The zero-order valence-electron chi connectivity index (χ0n) is 17.7. The van der Waals surface area contributed by atoms with Crippen LogP contribution >= 0.6 is 11.8 Å². The van der Waals surface area contributed by atoms with Crippen molar-refractivity contribution >= 4 is 23.5 Å². The van der Waals surface area contributed by atoms with Gasteiger partial charge in [0.15, 0.2) is 11.5 Å². The van der Waals surface area contributed by atoms with Gasteiger partial charge in [0, 0.05) is 23.7 Å². The number of rotatable bonds is 4. The van der Waals surface area contributed by atoms with Crippen molar-refractivity contribution in [2.75, 3.05) is 12.2 Å². The normalized spacial score (nSPS) is 45.8. The van der Waals surface area contributed by atoms with Crippen molar-refractivity contribution in [2.24, 2.45) is 22.7 Å². The largest absolute Gasteiger partial charge is 0.459 e. The molecule has 4 aliphatic rings. The number of halogens is 1. The van der Waals surface area contributed by atoms with Crippen molar-refractivity contribution in [1.82, 2.24) is 0 Å². The van der Waals surface area contributed by atoms with Crippen molar-refractivity contribution in [1.29, 1.82) is 0 Å². The Morgan fingerprint density at radius 3 is 2.69 bits per heavy atom. The maximum absolute atomic E-state index is 17.4. The fraction of sp³-hybridized carbons (Fsp3) is 0.739. The van der Waals surface area contributed by atoms with E-state index in [-0.39, 0.29) is 29.1 Å². The number of carbonyl (C=O) groups excluding carboxylic acids is 2. The Labute approximate surface area is 176 Å². The molecule has 0 saturated heterocycles. The molecule has 7 atom stereocenters. The lowest BCUT2D eigenvalue weighted by Gasteiger charge is -2.62. The lowest BCUT2D eigenvalue weighted by molar-refractivity contribution is -0.218. The molecule has 0 spiro atoms. The molecule has 160 valence electrons. The van der Waals surface area contributed by atoms with Crippen LogP contribution in [0, 0.1) is 22.7 Å². The van der Waals surface area contributed by atoms with Crippen LogP contribution in [-0.2, 0) is 19.1 Å². The molecular weight excluding hydrogens is 391 g/mol.